The second kappa shape index (κ2) is 3.85. The molecule has 0 aromatic carbocycles. The van der Waals surface area contributed by atoms with Crippen molar-refractivity contribution in [1.29, 1.82) is 0 Å². The highest BCUT2D eigenvalue weighted by Gasteiger charge is 2.18. The Morgan fingerprint density at radius 1 is 1.38 bits per heavy atom. The summed E-state index contributed by atoms with van der Waals surface area (Å²) in [7, 11) is 0. The molecular formula is C10H15NO2. The van der Waals surface area contributed by atoms with Crippen LogP contribution in [0.4, 0.5) is 0 Å². The van der Waals surface area contributed by atoms with Gasteiger partial charge in [-0.25, -0.2) is 0 Å². The van der Waals surface area contributed by atoms with Crippen LogP contribution in [0.15, 0.2) is 24.4 Å². The smallest absolute Gasteiger partial charge is 0.199 e. The number of aromatic nitrogens is 1. The van der Waals surface area contributed by atoms with Crippen molar-refractivity contribution in [2.75, 3.05) is 0 Å². The molecule has 0 aliphatic rings. The lowest BCUT2D eigenvalue weighted by Gasteiger charge is -2.23. The Morgan fingerprint density at radius 3 is 2.54 bits per heavy atom. The summed E-state index contributed by atoms with van der Waals surface area (Å²) in [6.07, 6.45) is 0.686. The Kier molecular flexibility index (Phi) is 3.01. The Morgan fingerprint density at radius 2 is 2.08 bits per heavy atom. The van der Waals surface area contributed by atoms with Gasteiger partial charge in [-0.3, -0.25) is 4.98 Å². The van der Waals surface area contributed by atoms with E-state index in [0.717, 1.165) is 0 Å². The average molecular weight is 181 g/mol. The highest BCUT2D eigenvalue weighted by atomic mass is 16.6. The van der Waals surface area contributed by atoms with Crippen LogP contribution < -0.4 is 0 Å². The Balaban J connectivity index is 2.64. The molecule has 1 atom stereocenters. The van der Waals surface area contributed by atoms with Gasteiger partial charge in [-0.1, -0.05) is 6.07 Å². The zero-order chi connectivity index (χ0) is 9.90. The standard InChI is InChI=1S/C10H15NO2/c1-10(2,3)13-9(12)8-6-4-5-7-11-8/h4-7,9,12H,1-3H3. The third-order valence-corrected chi connectivity index (χ3v) is 1.41. The third-order valence-electron chi connectivity index (χ3n) is 1.41. The second-order valence-corrected chi connectivity index (χ2v) is 3.84. The Hall–Kier alpha value is -0.930. The second-order valence-electron chi connectivity index (χ2n) is 3.84. The fourth-order valence-electron chi connectivity index (χ4n) is 0.917. The molecular weight excluding hydrogens is 166 g/mol. The van der Waals surface area contributed by atoms with Crippen LogP contribution in [0.2, 0.25) is 0 Å². The van der Waals surface area contributed by atoms with Crippen LogP contribution in [0, 0.1) is 0 Å². The first-order valence-electron chi connectivity index (χ1n) is 4.26. The van der Waals surface area contributed by atoms with Gasteiger partial charge in [-0.2, -0.15) is 0 Å². The van der Waals surface area contributed by atoms with Crippen molar-refractivity contribution in [3.8, 4) is 0 Å². The topological polar surface area (TPSA) is 42.4 Å². The van der Waals surface area contributed by atoms with Crippen molar-refractivity contribution in [2.24, 2.45) is 0 Å². The van der Waals surface area contributed by atoms with Gasteiger partial charge < -0.3 is 9.84 Å². The summed E-state index contributed by atoms with van der Waals surface area (Å²) in [5.74, 6) is 0. The molecule has 0 aliphatic heterocycles. The highest BCUT2D eigenvalue weighted by Crippen LogP contribution is 2.19. The maximum Gasteiger partial charge on any atom is 0.199 e. The van der Waals surface area contributed by atoms with Gasteiger partial charge in [0, 0.05) is 6.20 Å². The van der Waals surface area contributed by atoms with E-state index in [4.69, 9.17) is 4.74 Å². The molecule has 0 spiro atoms. The third kappa shape index (κ3) is 3.53. The van der Waals surface area contributed by atoms with Gasteiger partial charge in [0.2, 0.25) is 0 Å². The molecule has 72 valence electrons. The van der Waals surface area contributed by atoms with Crippen LogP contribution in [-0.2, 0) is 4.74 Å². The number of nitrogens with zero attached hydrogens (tertiary/aromatic N) is 1. The molecule has 1 N–H and O–H groups in total. The molecule has 0 saturated heterocycles. The molecule has 0 amide bonds. The SMILES string of the molecule is CC(C)(C)OC(O)c1ccccn1. The van der Waals surface area contributed by atoms with Gasteiger partial charge in [0.1, 0.15) is 0 Å². The first-order valence-corrected chi connectivity index (χ1v) is 4.26. The van der Waals surface area contributed by atoms with Crippen LogP contribution in [-0.4, -0.2) is 15.7 Å². The van der Waals surface area contributed by atoms with Gasteiger partial charge in [0.15, 0.2) is 6.29 Å². The maximum absolute atomic E-state index is 9.57. The van der Waals surface area contributed by atoms with Crippen molar-refractivity contribution >= 4 is 0 Å². The average Bonchev–Trinajstić information content (AvgIpc) is 2.03. The van der Waals surface area contributed by atoms with E-state index in [0.29, 0.717) is 5.69 Å². The number of aliphatic hydroxyl groups is 1. The summed E-state index contributed by atoms with van der Waals surface area (Å²) in [5, 5.41) is 9.57. The highest BCUT2D eigenvalue weighted by molar-refractivity contribution is 5.04. The lowest BCUT2D eigenvalue weighted by molar-refractivity contribution is -0.171. The van der Waals surface area contributed by atoms with E-state index in [9.17, 15) is 5.11 Å². The zero-order valence-corrected chi connectivity index (χ0v) is 8.19. The summed E-state index contributed by atoms with van der Waals surface area (Å²) in [6, 6.07) is 5.35. The minimum atomic E-state index is -0.943. The van der Waals surface area contributed by atoms with E-state index in [1.54, 1.807) is 18.3 Å². The number of hydrogen-bond donors (Lipinski definition) is 1. The lowest BCUT2D eigenvalue weighted by Crippen LogP contribution is -2.22. The van der Waals surface area contributed by atoms with Crippen molar-refractivity contribution in [2.45, 2.75) is 32.7 Å². The van der Waals surface area contributed by atoms with E-state index in [1.165, 1.54) is 0 Å². The summed E-state index contributed by atoms with van der Waals surface area (Å²) in [4.78, 5) is 3.99. The van der Waals surface area contributed by atoms with Crippen LogP contribution in [0.3, 0.4) is 0 Å². The molecule has 1 unspecified atom stereocenters. The van der Waals surface area contributed by atoms with Crippen LogP contribution in [0.25, 0.3) is 0 Å². The Labute approximate surface area is 78.4 Å². The van der Waals surface area contributed by atoms with E-state index in [2.05, 4.69) is 4.98 Å². The molecule has 3 nitrogen and oxygen atoms in total. The fraction of sp³-hybridized carbons (Fsp3) is 0.500. The summed E-state index contributed by atoms with van der Waals surface area (Å²) in [6.45, 7) is 5.66. The normalized spacial score (nSPS) is 14.2. The number of aliphatic hydroxyl groups excluding tert-OH is 1. The minimum Gasteiger partial charge on any atom is -0.363 e. The molecule has 1 aromatic heterocycles. The summed E-state index contributed by atoms with van der Waals surface area (Å²) >= 11 is 0. The molecule has 0 radical (unpaired) electrons. The summed E-state index contributed by atoms with van der Waals surface area (Å²) in [5.41, 5.74) is 0.175. The molecule has 0 saturated carbocycles. The van der Waals surface area contributed by atoms with Crippen molar-refractivity contribution in [1.82, 2.24) is 4.98 Å². The zero-order valence-electron chi connectivity index (χ0n) is 8.19. The first kappa shape index (κ1) is 10.2. The van der Waals surface area contributed by atoms with Crippen LogP contribution in [0.5, 0.6) is 0 Å². The van der Waals surface area contributed by atoms with Crippen molar-refractivity contribution in [3.05, 3.63) is 30.1 Å². The Bertz CT molecular complexity index is 253. The van der Waals surface area contributed by atoms with Gasteiger partial charge in [0.25, 0.3) is 0 Å². The summed E-state index contributed by atoms with van der Waals surface area (Å²) < 4.78 is 5.32. The van der Waals surface area contributed by atoms with Crippen molar-refractivity contribution in [3.63, 3.8) is 0 Å². The quantitative estimate of drug-likeness (QED) is 0.708. The fourth-order valence-corrected chi connectivity index (χ4v) is 0.917. The molecule has 3 heteroatoms. The molecule has 1 aromatic rings. The molecule has 1 rings (SSSR count). The molecule has 1 heterocycles. The molecule has 13 heavy (non-hydrogen) atoms. The van der Waals surface area contributed by atoms with E-state index < -0.39 is 6.29 Å². The molecule has 0 bridgehead atoms. The maximum atomic E-state index is 9.57. The monoisotopic (exact) mass is 181 g/mol. The molecule has 0 fully saturated rings. The number of pyridine rings is 1. The van der Waals surface area contributed by atoms with Gasteiger partial charge in [-0.05, 0) is 32.9 Å². The van der Waals surface area contributed by atoms with Gasteiger partial charge >= 0.3 is 0 Å². The first-order chi connectivity index (χ1) is 5.99. The number of rotatable bonds is 2. The largest absolute Gasteiger partial charge is 0.363 e. The van der Waals surface area contributed by atoms with E-state index in [-0.39, 0.29) is 5.60 Å². The molecule has 0 aliphatic carbocycles. The number of ether oxygens (including phenoxy) is 1. The van der Waals surface area contributed by atoms with Gasteiger partial charge in [-0.15, -0.1) is 0 Å². The van der Waals surface area contributed by atoms with E-state index >= 15 is 0 Å². The van der Waals surface area contributed by atoms with Crippen LogP contribution >= 0.6 is 0 Å². The predicted molar refractivity (Wildman–Crippen MR) is 50.0 cm³/mol. The minimum absolute atomic E-state index is 0.364. The number of hydrogen-bond acceptors (Lipinski definition) is 3. The van der Waals surface area contributed by atoms with Crippen LogP contribution in [0.1, 0.15) is 32.8 Å². The van der Waals surface area contributed by atoms with E-state index in [1.807, 2.05) is 26.8 Å². The van der Waals surface area contributed by atoms with Crippen molar-refractivity contribution < 1.29 is 9.84 Å². The predicted octanol–water partition coefficient (Wildman–Crippen LogP) is 1.89. The van der Waals surface area contributed by atoms with Gasteiger partial charge in [0.05, 0.1) is 11.3 Å². The lowest BCUT2D eigenvalue weighted by atomic mass is 10.2.